The van der Waals surface area contributed by atoms with Gasteiger partial charge in [0.2, 0.25) is 14.3 Å². The van der Waals surface area contributed by atoms with E-state index in [0.29, 0.717) is 10.8 Å². The number of rotatable bonds is 6. The highest BCUT2D eigenvalue weighted by molar-refractivity contribution is 9.10. The molecule has 9 heteroatoms. The Balaban J connectivity index is 2.32. The molecule has 1 aromatic heterocycles. The summed E-state index contributed by atoms with van der Waals surface area (Å²) in [6.45, 7) is 2.95. The van der Waals surface area contributed by atoms with E-state index in [1.807, 2.05) is 0 Å². The van der Waals surface area contributed by atoms with Crippen molar-refractivity contribution >= 4 is 35.1 Å². The average molecular weight is 426 g/mol. The van der Waals surface area contributed by atoms with E-state index >= 15 is 0 Å². The number of aromatic nitrogens is 1. The Morgan fingerprint density at radius 2 is 1.83 bits per heavy atom. The van der Waals surface area contributed by atoms with Crippen molar-refractivity contribution in [2.75, 3.05) is 6.61 Å². The van der Waals surface area contributed by atoms with E-state index in [2.05, 4.69) is 20.9 Å². The SMILES string of the molecule is CC(C)(F)CCOc1cc2cc(C(F)(F)P(O)O)c(Br)cc2cn1. The lowest BCUT2D eigenvalue weighted by atomic mass is 10.1. The Bertz CT molecular complexity index is 738. The first-order valence-electron chi connectivity index (χ1n) is 6.98. The molecule has 0 saturated heterocycles. The first-order chi connectivity index (χ1) is 11.0. The van der Waals surface area contributed by atoms with Crippen molar-refractivity contribution in [1.29, 1.82) is 0 Å². The van der Waals surface area contributed by atoms with E-state index in [1.54, 1.807) is 0 Å². The van der Waals surface area contributed by atoms with E-state index in [1.165, 1.54) is 32.2 Å². The van der Waals surface area contributed by atoms with Crippen LogP contribution in [-0.4, -0.2) is 27.0 Å². The zero-order valence-corrected chi connectivity index (χ0v) is 15.4. The summed E-state index contributed by atoms with van der Waals surface area (Å²) < 4.78 is 46.6. The quantitative estimate of drug-likeness (QED) is 0.648. The molecule has 132 valence electrons. The van der Waals surface area contributed by atoms with Crippen LogP contribution in [0, 0.1) is 0 Å². The van der Waals surface area contributed by atoms with E-state index in [0.717, 1.165) is 6.07 Å². The number of nitrogens with zero attached hydrogens (tertiary/aromatic N) is 1. The summed E-state index contributed by atoms with van der Waals surface area (Å²) in [5.41, 5.74) is -5.69. The Kier molecular flexibility index (Phi) is 5.75. The number of hydrogen-bond donors (Lipinski definition) is 2. The number of ether oxygens (including phenoxy) is 1. The van der Waals surface area contributed by atoms with Gasteiger partial charge < -0.3 is 14.5 Å². The fourth-order valence-electron chi connectivity index (χ4n) is 1.96. The zero-order valence-electron chi connectivity index (χ0n) is 12.9. The number of benzene rings is 1. The Labute approximate surface area is 146 Å². The van der Waals surface area contributed by atoms with E-state index in [4.69, 9.17) is 14.5 Å². The van der Waals surface area contributed by atoms with Crippen molar-refractivity contribution in [3.8, 4) is 5.88 Å². The minimum atomic E-state index is -3.77. The van der Waals surface area contributed by atoms with Gasteiger partial charge in [-0.3, -0.25) is 0 Å². The molecule has 2 rings (SSSR count). The van der Waals surface area contributed by atoms with Gasteiger partial charge >= 0.3 is 5.66 Å². The van der Waals surface area contributed by atoms with Crippen LogP contribution in [0.5, 0.6) is 5.88 Å². The molecule has 24 heavy (non-hydrogen) atoms. The molecule has 0 atom stereocenters. The van der Waals surface area contributed by atoms with E-state index < -0.39 is 25.3 Å². The summed E-state index contributed by atoms with van der Waals surface area (Å²) in [5.74, 6) is 0.179. The van der Waals surface area contributed by atoms with Crippen LogP contribution >= 0.6 is 24.3 Å². The third kappa shape index (κ3) is 4.57. The summed E-state index contributed by atoms with van der Waals surface area (Å²) >= 11 is 3.01. The molecule has 4 nitrogen and oxygen atoms in total. The summed E-state index contributed by atoms with van der Waals surface area (Å²) in [4.78, 5) is 22.0. The third-order valence-corrected chi connectivity index (χ3v) is 4.70. The van der Waals surface area contributed by atoms with E-state index in [-0.39, 0.29) is 23.4 Å². The number of hydrogen-bond acceptors (Lipinski definition) is 4. The van der Waals surface area contributed by atoms with Crippen LogP contribution in [0.2, 0.25) is 0 Å². The van der Waals surface area contributed by atoms with Crippen molar-refractivity contribution in [2.24, 2.45) is 0 Å². The normalized spacial score (nSPS) is 12.9. The van der Waals surface area contributed by atoms with Crippen LogP contribution < -0.4 is 4.74 Å². The molecule has 0 aliphatic rings. The molecular formula is C15H16BrF3NO3P. The Morgan fingerprint density at radius 3 is 2.42 bits per heavy atom. The molecule has 0 aliphatic heterocycles. The largest absolute Gasteiger partial charge is 0.478 e. The summed E-state index contributed by atoms with van der Waals surface area (Å²) in [6, 6.07) is 4.01. The predicted octanol–water partition coefficient (Wildman–Crippen LogP) is 4.86. The topological polar surface area (TPSA) is 62.6 Å². The average Bonchev–Trinajstić information content (AvgIpc) is 2.45. The van der Waals surface area contributed by atoms with Gasteiger partial charge in [-0.2, -0.15) is 8.78 Å². The molecule has 1 aromatic carbocycles. The monoisotopic (exact) mass is 425 g/mol. The van der Waals surface area contributed by atoms with Gasteiger partial charge in [0.1, 0.15) is 5.67 Å². The molecule has 0 amide bonds. The van der Waals surface area contributed by atoms with Crippen LogP contribution in [0.15, 0.2) is 28.9 Å². The van der Waals surface area contributed by atoms with Gasteiger partial charge in [-0.15, -0.1) is 0 Å². The lowest BCUT2D eigenvalue weighted by Crippen LogP contribution is -2.16. The van der Waals surface area contributed by atoms with Crippen LogP contribution in [0.3, 0.4) is 0 Å². The smallest absolute Gasteiger partial charge is 0.340 e. The molecule has 2 aromatic rings. The van der Waals surface area contributed by atoms with Gasteiger partial charge in [0, 0.05) is 34.1 Å². The Morgan fingerprint density at radius 1 is 1.17 bits per heavy atom. The summed E-state index contributed by atoms with van der Waals surface area (Å²) in [6.07, 6.45) is 1.61. The second kappa shape index (κ2) is 7.12. The van der Waals surface area contributed by atoms with Gasteiger partial charge in [0.25, 0.3) is 0 Å². The maximum Gasteiger partial charge on any atom is 0.340 e. The van der Waals surface area contributed by atoms with Gasteiger partial charge in [-0.25, -0.2) is 9.37 Å². The standard InChI is InChI=1S/C15H16BrF3NO3P/c1-14(2,17)3-4-23-13-7-9-5-11(15(18,19)24(21)22)12(16)6-10(9)8-20-13/h5-8,21-22H,3-4H2,1-2H3. The molecular weight excluding hydrogens is 410 g/mol. The van der Waals surface area contributed by atoms with Gasteiger partial charge in [-0.1, -0.05) is 15.9 Å². The summed E-state index contributed by atoms with van der Waals surface area (Å²) in [5, 5.41) is 0.967. The van der Waals surface area contributed by atoms with Crippen molar-refractivity contribution in [3.05, 3.63) is 34.4 Å². The third-order valence-electron chi connectivity index (χ3n) is 3.30. The maximum atomic E-state index is 13.9. The van der Waals surface area contributed by atoms with Gasteiger partial charge in [0.05, 0.1) is 6.61 Å². The first kappa shape index (κ1) is 19.4. The number of fused-ring (bicyclic) bond motifs is 1. The number of alkyl halides is 3. The highest BCUT2D eigenvalue weighted by Gasteiger charge is 2.42. The minimum Gasteiger partial charge on any atom is -0.478 e. The van der Waals surface area contributed by atoms with Crippen LogP contribution in [0.25, 0.3) is 10.8 Å². The predicted molar refractivity (Wildman–Crippen MR) is 90.0 cm³/mol. The second-order valence-corrected chi connectivity index (χ2v) is 7.84. The summed E-state index contributed by atoms with van der Waals surface area (Å²) in [7, 11) is -3.47. The molecule has 0 unspecified atom stereocenters. The number of pyridine rings is 1. The lowest BCUT2D eigenvalue weighted by molar-refractivity contribution is 0.0726. The van der Waals surface area contributed by atoms with Crippen molar-refractivity contribution in [3.63, 3.8) is 0 Å². The minimum absolute atomic E-state index is 0.0465. The molecule has 0 saturated carbocycles. The van der Waals surface area contributed by atoms with Gasteiger partial charge in [0.15, 0.2) is 0 Å². The highest BCUT2D eigenvalue weighted by Crippen LogP contribution is 2.54. The van der Waals surface area contributed by atoms with Crippen molar-refractivity contribution in [2.45, 2.75) is 31.6 Å². The van der Waals surface area contributed by atoms with Gasteiger partial charge in [-0.05, 0) is 31.4 Å². The lowest BCUT2D eigenvalue weighted by Gasteiger charge is -2.19. The second-order valence-electron chi connectivity index (χ2n) is 5.85. The fourth-order valence-corrected chi connectivity index (χ4v) is 3.12. The van der Waals surface area contributed by atoms with E-state index in [9.17, 15) is 13.2 Å². The molecule has 2 N–H and O–H groups in total. The zero-order chi connectivity index (χ0) is 18.1. The maximum absolute atomic E-state index is 13.9. The molecule has 0 radical (unpaired) electrons. The molecule has 0 spiro atoms. The van der Waals surface area contributed by atoms with Crippen LogP contribution in [0.4, 0.5) is 13.2 Å². The van der Waals surface area contributed by atoms with Crippen molar-refractivity contribution < 1.29 is 27.7 Å². The molecule has 1 heterocycles. The number of halogens is 4. The molecule has 0 fully saturated rings. The molecule has 0 bridgehead atoms. The highest BCUT2D eigenvalue weighted by atomic mass is 79.9. The molecule has 0 aliphatic carbocycles. The Hall–Kier alpha value is -0.950. The first-order valence-corrected chi connectivity index (χ1v) is 9.02. The van der Waals surface area contributed by atoms with Crippen LogP contribution in [-0.2, 0) is 5.66 Å². The van der Waals surface area contributed by atoms with Crippen LogP contribution in [0.1, 0.15) is 25.8 Å². The van der Waals surface area contributed by atoms with Crippen molar-refractivity contribution in [1.82, 2.24) is 4.98 Å². The fraction of sp³-hybridized carbons (Fsp3) is 0.400.